The molecule has 1 atom stereocenters. The molecule has 2 aromatic rings. The summed E-state index contributed by atoms with van der Waals surface area (Å²) in [5.74, 6) is 0.650. The normalized spacial score (nSPS) is 17.8. The summed E-state index contributed by atoms with van der Waals surface area (Å²) < 4.78 is 5.24. The highest BCUT2D eigenvalue weighted by molar-refractivity contribution is 5.96. The van der Waals surface area contributed by atoms with Crippen molar-refractivity contribution in [1.82, 2.24) is 9.80 Å². The van der Waals surface area contributed by atoms with E-state index in [2.05, 4.69) is 0 Å². The molecule has 148 valence electrons. The first-order valence-electron chi connectivity index (χ1n) is 9.66. The molecule has 0 saturated carbocycles. The third-order valence-electron chi connectivity index (χ3n) is 5.65. The number of hydrogen-bond acceptors (Lipinski definition) is 3. The van der Waals surface area contributed by atoms with E-state index in [1.54, 1.807) is 16.9 Å². The molecule has 0 bridgehead atoms. The Morgan fingerprint density at radius 2 is 1.68 bits per heavy atom. The van der Waals surface area contributed by atoms with Crippen LogP contribution in [-0.2, 0) is 16.1 Å². The number of nitrogens with zero attached hydrogens (tertiary/aromatic N) is 2. The van der Waals surface area contributed by atoms with Crippen LogP contribution in [0.3, 0.4) is 0 Å². The zero-order valence-corrected chi connectivity index (χ0v) is 17.0. The van der Waals surface area contributed by atoms with E-state index in [4.69, 9.17) is 4.74 Å². The summed E-state index contributed by atoms with van der Waals surface area (Å²) in [6, 6.07) is 16.5. The summed E-state index contributed by atoms with van der Waals surface area (Å²) >= 11 is 0. The summed E-state index contributed by atoms with van der Waals surface area (Å²) in [6.07, 6.45) is 0.778. The molecule has 0 radical (unpaired) electrons. The van der Waals surface area contributed by atoms with Crippen LogP contribution in [0.15, 0.2) is 54.6 Å². The minimum absolute atomic E-state index is 0.0347. The molecule has 28 heavy (non-hydrogen) atoms. The number of piperazine rings is 1. The maximum atomic E-state index is 13.5. The van der Waals surface area contributed by atoms with Crippen LogP contribution in [0.2, 0.25) is 0 Å². The Bertz CT molecular complexity index is 831. The molecule has 1 saturated heterocycles. The van der Waals surface area contributed by atoms with Gasteiger partial charge in [0.1, 0.15) is 18.3 Å². The van der Waals surface area contributed by atoms with Gasteiger partial charge in [0.15, 0.2) is 0 Å². The van der Waals surface area contributed by atoms with Gasteiger partial charge in [0.25, 0.3) is 5.91 Å². The van der Waals surface area contributed by atoms with E-state index >= 15 is 0 Å². The van der Waals surface area contributed by atoms with Crippen molar-refractivity contribution >= 4 is 11.8 Å². The fourth-order valence-electron chi connectivity index (χ4n) is 3.50. The molecule has 0 unspecified atom stereocenters. The first-order chi connectivity index (χ1) is 13.4. The number of carbonyl (C=O) groups is 2. The Kier molecular flexibility index (Phi) is 5.73. The average molecular weight is 380 g/mol. The first kappa shape index (κ1) is 19.9. The van der Waals surface area contributed by atoms with E-state index in [0.29, 0.717) is 6.54 Å². The standard InChI is InChI=1S/C23H28N2O3/c1-5-23(2,3)25-16-20(26)24(15-17-9-7-6-8-10-17)21(22(25)27)18-11-13-19(28-4)14-12-18/h6-14,21H,5,15-16H2,1-4H3/t21-/m1/s1. The highest BCUT2D eigenvalue weighted by Gasteiger charge is 2.44. The molecule has 1 heterocycles. The van der Waals surface area contributed by atoms with Gasteiger partial charge in [0, 0.05) is 12.1 Å². The van der Waals surface area contributed by atoms with Gasteiger partial charge < -0.3 is 14.5 Å². The molecule has 0 aromatic heterocycles. The SMILES string of the molecule is CCC(C)(C)N1CC(=O)N(Cc2ccccc2)[C@H](c2ccc(OC)cc2)C1=O. The predicted octanol–water partition coefficient (Wildman–Crippen LogP) is 3.80. The van der Waals surface area contributed by atoms with Crippen LogP contribution in [0.4, 0.5) is 0 Å². The molecule has 5 nitrogen and oxygen atoms in total. The predicted molar refractivity (Wildman–Crippen MR) is 109 cm³/mol. The van der Waals surface area contributed by atoms with Crippen molar-refractivity contribution in [2.45, 2.75) is 45.3 Å². The summed E-state index contributed by atoms with van der Waals surface area (Å²) in [4.78, 5) is 30.1. The first-order valence-corrected chi connectivity index (χ1v) is 9.66. The van der Waals surface area contributed by atoms with E-state index < -0.39 is 6.04 Å². The Morgan fingerprint density at radius 3 is 2.25 bits per heavy atom. The minimum Gasteiger partial charge on any atom is -0.497 e. The van der Waals surface area contributed by atoms with Crippen LogP contribution in [0, 0.1) is 0 Å². The van der Waals surface area contributed by atoms with Gasteiger partial charge in [-0.15, -0.1) is 0 Å². The topological polar surface area (TPSA) is 49.9 Å². The maximum absolute atomic E-state index is 13.5. The van der Waals surface area contributed by atoms with Gasteiger partial charge in [-0.25, -0.2) is 0 Å². The molecule has 0 aliphatic carbocycles. The second-order valence-electron chi connectivity index (χ2n) is 7.77. The lowest BCUT2D eigenvalue weighted by atomic mass is 9.93. The quantitative estimate of drug-likeness (QED) is 0.766. The maximum Gasteiger partial charge on any atom is 0.250 e. The molecule has 1 aliphatic rings. The van der Waals surface area contributed by atoms with Crippen LogP contribution in [0.5, 0.6) is 5.75 Å². The van der Waals surface area contributed by atoms with Gasteiger partial charge in [-0.3, -0.25) is 9.59 Å². The van der Waals surface area contributed by atoms with Gasteiger partial charge in [-0.2, -0.15) is 0 Å². The summed E-state index contributed by atoms with van der Waals surface area (Å²) in [5, 5.41) is 0. The second-order valence-corrected chi connectivity index (χ2v) is 7.77. The highest BCUT2D eigenvalue weighted by Crippen LogP contribution is 2.34. The average Bonchev–Trinajstić information content (AvgIpc) is 2.71. The molecular formula is C23H28N2O3. The van der Waals surface area contributed by atoms with Crippen molar-refractivity contribution in [1.29, 1.82) is 0 Å². The Morgan fingerprint density at radius 1 is 1.04 bits per heavy atom. The Balaban J connectivity index is 2.01. The van der Waals surface area contributed by atoms with Crippen molar-refractivity contribution in [3.63, 3.8) is 0 Å². The summed E-state index contributed by atoms with van der Waals surface area (Å²) in [7, 11) is 1.61. The number of hydrogen-bond donors (Lipinski definition) is 0. The van der Waals surface area contributed by atoms with Gasteiger partial charge in [0.05, 0.1) is 7.11 Å². The lowest BCUT2D eigenvalue weighted by molar-refractivity contribution is -0.162. The van der Waals surface area contributed by atoms with Gasteiger partial charge in [0.2, 0.25) is 5.91 Å². The molecule has 1 aliphatic heterocycles. The molecule has 0 spiro atoms. The van der Waals surface area contributed by atoms with Crippen molar-refractivity contribution in [2.75, 3.05) is 13.7 Å². The van der Waals surface area contributed by atoms with Crippen molar-refractivity contribution in [3.8, 4) is 5.75 Å². The van der Waals surface area contributed by atoms with Crippen molar-refractivity contribution in [3.05, 3.63) is 65.7 Å². The van der Waals surface area contributed by atoms with E-state index in [0.717, 1.165) is 23.3 Å². The molecule has 0 N–H and O–H groups in total. The number of rotatable bonds is 6. The third kappa shape index (κ3) is 3.88. The van der Waals surface area contributed by atoms with Crippen LogP contribution < -0.4 is 4.74 Å². The molecule has 5 heteroatoms. The second kappa shape index (κ2) is 8.05. The lowest BCUT2D eigenvalue weighted by Gasteiger charge is -2.47. The largest absolute Gasteiger partial charge is 0.497 e. The molecule has 2 amide bonds. The van der Waals surface area contributed by atoms with Crippen LogP contribution in [0.1, 0.15) is 44.4 Å². The van der Waals surface area contributed by atoms with E-state index in [-0.39, 0.29) is 23.9 Å². The van der Waals surface area contributed by atoms with Crippen molar-refractivity contribution < 1.29 is 14.3 Å². The number of ether oxygens (including phenoxy) is 1. The number of carbonyl (C=O) groups excluding carboxylic acids is 2. The van der Waals surface area contributed by atoms with Crippen molar-refractivity contribution in [2.24, 2.45) is 0 Å². The van der Waals surface area contributed by atoms with E-state index in [1.165, 1.54) is 0 Å². The lowest BCUT2D eigenvalue weighted by Crippen LogP contribution is -2.61. The van der Waals surface area contributed by atoms with Gasteiger partial charge in [-0.05, 0) is 43.5 Å². The third-order valence-corrected chi connectivity index (χ3v) is 5.65. The van der Waals surface area contributed by atoms with Crippen LogP contribution >= 0.6 is 0 Å². The Hall–Kier alpha value is -2.82. The highest BCUT2D eigenvalue weighted by atomic mass is 16.5. The fraction of sp³-hybridized carbons (Fsp3) is 0.391. The summed E-state index contributed by atoms with van der Waals surface area (Å²) in [5.41, 5.74) is 1.42. The molecule has 2 aromatic carbocycles. The van der Waals surface area contributed by atoms with Crippen LogP contribution in [0.25, 0.3) is 0 Å². The Labute approximate surface area is 166 Å². The zero-order valence-electron chi connectivity index (χ0n) is 17.0. The van der Waals surface area contributed by atoms with Crippen LogP contribution in [-0.4, -0.2) is 40.8 Å². The number of methoxy groups -OCH3 is 1. The molecule has 1 fully saturated rings. The monoisotopic (exact) mass is 380 g/mol. The minimum atomic E-state index is -0.641. The van der Waals surface area contributed by atoms with Gasteiger partial charge >= 0.3 is 0 Å². The zero-order chi connectivity index (χ0) is 20.3. The number of amides is 2. The molecule has 3 rings (SSSR count). The van der Waals surface area contributed by atoms with Gasteiger partial charge in [-0.1, -0.05) is 49.4 Å². The van der Waals surface area contributed by atoms with E-state index in [1.807, 2.05) is 75.4 Å². The number of benzene rings is 2. The van der Waals surface area contributed by atoms with E-state index in [9.17, 15) is 9.59 Å². The fourth-order valence-corrected chi connectivity index (χ4v) is 3.50. The molecular weight excluding hydrogens is 352 g/mol. The summed E-state index contributed by atoms with van der Waals surface area (Å²) in [6.45, 7) is 6.57. The smallest absolute Gasteiger partial charge is 0.250 e.